The normalized spacial score (nSPS) is 14.3. The van der Waals surface area contributed by atoms with E-state index in [1.54, 1.807) is 0 Å². The zero-order valence-electron chi connectivity index (χ0n) is 9.73. The highest BCUT2D eigenvalue weighted by molar-refractivity contribution is 6.30. The third kappa shape index (κ3) is 3.09. The number of hydrogen-bond donors (Lipinski definition) is 1. The van der Waals surface area contributed by atoms with Crippen LogP contribution < -0.4 is 0 Å². The molecule has 2 aromatic rings. The van der Waals surface area contributed by atoms with Crippen molar-refractivity contribution < 1.29 is 5.11 Å². The SMILES string of the molecule is CC(O)(Cc1ccccc1)c1cccc(Cl)c1. The van der Waals surface area contributed by atoms with Gasteiger partial charge in [0.15, 0.2) is 0 Å². The van der Waals surface area contributed by atoms with Crippen LogP contribution in [0.5, 0.6) is 0 Å². The molecule has 0 aliphatic rings. The Morgan fingerprint density at radius 2 is 1.76 bits per heavy atom. The molecule has 88 valence electrons. The lowest BCUT2D eigenvalue weighted by Crippen LogP contribution is -2.24. The lowest BCUT2D eigenvalue weighted by molar-refractivity contribution is 0.0576. The first-order valence-corrected chi connectivity index (χ1v) is 5.98. The highest BCUT2D eigenvalue weighted by atomic mass is 35.5. The van der Waals surface area contributed by atoms with Crippen LogP contribution in [0.4, 0.5) is 0 Å². The van der Waals surface area contributed by atoms with E-state index in [1.165, 1.54) is 0 Å². The third-order valence-corrected chi connectivity index (χ3v) is 3.07. The molecule has 1 nitrogen and oxygen atoms in total. The van der Waals surface area contributed by atoms with Crippen LogP contribution in [-0.4, -0.2) is 5.11 Å². The maximum absolute atomic E-state index is 10.5. The van der Waals surface area contributed by atoms with Gasteiger partial charge in [-0.15, -0.1) is 0 Å². The summed E-state index contributed by atoms with van der Waals surface area (Å²) < 4.78 is 0. The van der Waals surface area contributed by atoms with Gasteiger partial charge in [-0.2, -0.15) is 0 Å². The van der Waals surface area contributed by atoms with Crippen molar-refractivity contribution in [3.63, 3.8) is 0 Å². The molecule has 1 unspecified atom stereocenters. The second-order valence-electron chi connectivity index (χ2n) is 4.45. The first-order chi connectivity index (χ1) is 8.08. The third-order valence-electron chi connectivity index (χ3n) is 2.84. The van der Waals surface area contributed by atoms with Crippen LogP contribution in [0.25, 0.3) is 0 Å². The van der Waals surface area contributed by atoms with Crippen molar-refractivity contribution in [3.05, 3.63) is 70.7 Å². The first-order valence-electron chi connectivity index (χ1n) is 5.60. The van der Waals surface area contributed by atoms with Crippen molar-refractivity contribution in [2.24, 2.45) is 0 Å². The van der Waals surface area contributed by atoms with Crippen molar-refractivity contribution >= 4 is 11.6 Å². The van der Waals surface area contributed by atoms with Crippen LogP contribution in [-0.2, 0) is 12.0 Å². The van der Waals surface area contributed by atoms with Gasteiger partial charge in [0.05, 0.1) is 5.60 Å². The van der Waals surface area contributed by atoms with E-state index in [1.807, 2.05) is 61.5 Å². The Morgan fingerprint density at radius 1 is 1.06 bits per heavy atom. The lowest BCUT2D eigenvalue weighted by Gasteiger charge is -2.24. The molecule has 0 heterocycles. The Morgan fingerprint density at radius 3 is 2.41 bits per heavy atom. The maximum Gasteiger partial charge on any atom is 0.0909 e. The van der Waals surface area contributed by atoms with Gasteiger partial charge in [0.25, 0.3) is 0 Å². The fourth-order valence-corrected chi connectivity index (χ4v) is 2.11. The van der Waals surface area contributed by atoms with E-state index >= 15 is 0 Å². The van der Waals surface area contributed by atoms with E-state index in [-0.39, 0.29) is 0 Å². The summed E-state index contributed by atoms with van der Waals surface area (Å²) in [5.41, 5.74) is 1.05. The number of aliphatic hydroxyl groups is 1. The van der Waals surface area contributed by atoms with Gasteiger partial charge in [0.1, 0.15) is 0 Å². The van der Waals surface area contributed by atoms with Gasteiger partial charge in [-0.3, -0.25) is 0 Å². The highest BCUT2D eigenvalue weighted by Crippen LogP contribution is 2.27. The van der Waals surface area contributed by atoms with Gasteiger partial charge >= 0.3 is 0 Å². The summed E-state index contributed by atoms with van der Waals surface area (Å²) in [7, 11) is 0. The van der Waals surface area contributed by atoms with Crippen LogP contribution in [0.15, 0.2) is 54.6 Å². The van der Waals surface area contributed by atoms with E-state index in [4.69, 9.17) is 11.6 Å². The summed E-state index contributed by atoms with van der Waals surface area (Å²) in [6.45, 7) is 1.81. The molecule has 0 saturated carbocycles. The number of hydrogen-bond acceptors (Lipinski definition) is 1. The predicted octanol–water partition coefficient (Wildman–Crippen LogP) is 3.79. The molecule has 17 heavy (non-hydrogen) atoms. The molecule has 0 spiro atoms. The van der Waals surface area contributed by atoms with E-state index < -0.39 is 5.60 Å². The van der Waals surface area contributed by atoms with E-state index in [0.29, 0.717) is 11.4 Å². The largest absolute Gasteiger partial charge is 0.385 e. The zero-order chi connectivity index (χ0) is 12.3. The second-order valence-corrected chi connectivity index (χ2v) is 4.88. The van der Waals surface area contributed by atoms with Crippen molar-refractivity contribution in [2.75, 3.05) is 0 Å². The molecule has 2 heteroatoms. The monoisotopic (exact) mass is 246 g/mol. The van der Waals surface area contributed by atoms with Crippen molar-refractivity contribution in [1.82, 2.24) is 0 Å². The molecule has 0 aliphatic heterocycles. The summed E-state index contributed by atoms with van der Waals surface area (Å²) in [6.07, 6.45) is 0.578. The molecular weight excluding hydrogens is 232 g/mol. The lowest BCUT2D eigenvalue weighted by atomic mass is 9.89. The molecule has 0 aromatic heterocycles. The molecule has 2 aromatic carbocycles. The summed E-state index contributed by atoms with van der Waals surface area (Å²) in [5, 5.41) is 11.2. The fraction of sp³-hybridized carbons (Fsp3) is 0.200. The standard InChI is InChI=1S/C15H15ClO/c1-15(17,11-12-6-3-2-4-7-12)13-8-5-9-14(16)10-13/h2-10,17H,11H2,1H3. The predicted molar refractivity (Wildman–Crippen MR) is 71.2 cm³/mol. The fourth-order valence-electron chi connectivity index (χ4n) is 1.92. The van der Waals surface area contributed by atoms with Gasteiger partial charge < -0.3 is 5.11 Å². The van der Waals surface area contributed by atoms with E-state index in [0.717, 1.165) is 11.1 Å². The average molecular weight is 247 g/mol. The zero-order valence-corrected chi connectivity index (χ0v) is 10.5. The minimum Gasteiger partial charge on any atom is -0.385 e. The quantitative estimate of drug-likeness (QED) is 0.874. The molecule has 0 fully saturated rings. The van der Waals surface area contributed by atoms with Crippen LogP contribution in [0.3, 0.4) is 0 Å². The number of halogens is 1. The van der Waals surface area contributed by atoms with Gasteiger partial charge in [-0.1, -0.05) is 54.1 Å². The summed E-state index contributed by atoms with van der Waals surface area (Å²) >= 11 is 5.94. The Labute approximate surface area is 107 Å². The van der Waals surface area contributed by atoms with Gasteiger partial charge in [0, 0.05) is 11.4 Å². The minimum absolute atomic E-state index is 0.578. The van der Waals surface area contributed by atoms with Crippen molar-refractivity contribution in [2.45, 2.75) is 18.9 Å². The Bertz CT molecular complexity index is 491. The first kappa shape index (κ1) is 12.2. The Kier molecular flexibility index (Phi) is 3.51. The van der Waals surface area contributed by atoms with Gasteiger partial charge in [-0.05, 0) is 30.2 Å². The van der Waals surface area contributed by atoms with Gasteiger partial charge in [0.2, 0.25) is 0 Å². The molecule has 0 amide bonds. The van der Waals surface area contributed by atoms with Crippen LogP contribution in [0, 0.1) is 0 Å². The molecule has 0 bridgehead atoms. The minimum atomic E-state index is -0.897. The molecule has 0 saturated heterocycles. The molecule has 0 radical (unpaired) electrons. The average Bonchev–Trinajstić information content (AvgIpc) is 2.30. The summed E-state index contributed by atoms with van der Waals surface area (Å²) in [6, 6.07) is 17.3. The van der Waals surface area contributed by atoms with Crippen molar-refractivity contribution in [1.29, 1.82) is 0 Å². The smallest absolute Gasteiger partial charge is 0.0909 e. The topological polar surface area (TPSA) is 20.2 Å². The Hall–Kier alpha value is -1.31. The molecular formula is C15H15ClO. The van der Waals surface area contributed by atoms with E-state index in [2.05, 4.69) is 0 Å². The number of rotatable bonds is 3. The number of benzene rings is 2. The van der Waals surface area contributed by atoms with Gasteiger partial charge in [-0.25, -0.2) is 0 Å². The van der Waals surface area contributed by atoms with E-state index in [9.17, 15) is 5.11 Å². The molecule has 1 N–H and O–H groups in total. The maximum atomic E-state index is 10.5. The molecule has 2 rings (SSSR count). The van der Waals surface area contributed by atoms with Crippen molar-refractivity contribution in [3.8, 4) is 0 Å². The van der Waals surface area contributed by atoms with Crippen LogP contribution in [0.2, 0.25) is 5.02 Å². The summed E-state index contributed by atoms with van der Waals surface area (Å²) in [5.74, 6) is 0. The molecule has 0 aliphatic carbocycles. The highest BCUT2D eigenvalue weighted by Gasteiger charge is 2.23. The summed E-state index contributed by atoms with van der Waals surface area (Å²) in [4.78, 5) is 0. The van der Waals surface area contributed by atoms with Crippen LogP contribution in [0.1, 0.15) is 18.1 Å². The second kappa shape index (κ2) is 4.91. The molecule has 1 atom stereocenters. The Balaban J connectivity index is 2.25. The van der Waals surface area contributed by atoms with Crippen LogP contribution >= 0.6 is 11.6 Å².